The highest BCUT2D eigenvalue weighted by Crippen LogP contribution is 2.46. The van der Waals surface area contributed by atoms with Gasteiger partial charge in [-0.05, 0) is 37.0 Å². The van der Waals surface area contributed by atoms with Gasteiger partial charge in [0, 0.05) is 13.1 Å². The van der Waals surface area contributed by atoms with E-state index >= 15 is 0 Å². The molecule has 3 nitrogen and oxygen atoms in total. The van der Waals surface area contributed by atoms with E-state index in [0.29, 0.717) is 6.04 Å². The fourth-order valence-electron chi connectivity index (χ4n) is 4.07. The van der Waals surface area contributed by atoms with Crippen molar-refractivity contribution in [1.82, 2.24) is 4.90 Å². The van der Waals surface area contributed by atoms with Crippen LogP contribution in [0.1, 0.15) is 58.3 Å². The van der Waals surface area contributed by atoms with Crippen molar-refractivity contribution in [2.75, 3.05) is 13.1 Å². The molecule has 3 rings (SSSR count). The Labute approximate surface area is 140 Å². The number of likely N-dealkylation sites (tertiary alicyclic amines) is 1. The predicted octanol–water partition coefficient (Wildman–Crippen LogP) is 3.62. The summed E-state index contributed by atoms with van der Waals surface area (Å²) in [4.78, 5) is 7.13. The van der Waals surface area contributed by atoms with E-state index in [9.17, 15) is 0 Å². The number of piperidine rings is 1. The van der Waals surface area contributed by atoms with Crippen molar-refractivity contribution in [1.29, 1.82) is 0 Å². The van der Waals surface area contributed by atoms with Crippen LogP contribution in [-0.4, -0.2) is 30.0 Å². The maximum absolute atomic E-state index is 6.22. The fourth-order valence-corrected chi connectivity index (χ4v) is 4.07. The summed E-state index contributed by atoms with van der Waals surface area (Å²) in [5, 5.41) is 0. The van der Waals surface area contributed by atoms with E-state index in [0.717, 1.165) is 36.8 Å². The second-order valence-electron chi connectivity index (χ2n) is 7.05. The van der Waals surface area contributed by atoms with E-state index in [1.807, 2.05) is 0 Å². The third-order valence-corrected chi connectivity index (χ3v) is 5.34. The number of guanidine groups is 1. The van der Waals surface area contributed by atoms with Gasteiger partial charge in [-0.2, -0.15) is 0 Å². The first kappa shape index (κ1) is 16.4. The molecular weight excluding hydrogens is 361 g/mol. The number of halogens is 1. The van der Waals surface area contributed by atoms with Crippen LogP contribution in [0, 0.1) is 17.8 Å². The van der Waals surface area contributed by atoms with E-state index in [2.05, 4.69) is 11.8 Å². The molecule has 116 valence electrons. The molecule has 0 aromatic heterocycles. The summed E-state index contributed by atoms with van der Waals surface area (Å²) < 4.78 is 0. The van der Waals surface area contributed by atoms with E-state index in [1.54, 1.807) is 0 Å². The van der Waals surface area contributed by atoms with Crippen LogP contribution >= 0.6 is 24.0 Å². The highest BCUT2D eigenvalue weighted by atomic mass is 127. The zero-order valence-electron chi connectivity index (χ0n) is 12.8. The van der Waals surface area contributed by atoms with Crippen molar-refractivity contribution in [3.63, 3.8) is 0 Å². The topological polar surface area (TPSA) is 41.6 Å². The molecule has 3 aliphatic rings. The summed E-state index contributed by atoms with van der Waals surface area (Å²) in [7, 11) is 0. The first-order chi connectivity index (χ1) is 9.24. The first-order valence-electron chi connectivity index (χ1n) is 8.32. The Morgan fingerprint density at radius 1 is 1.10 bits per heavy atom. The van der Waals surface area contributed by atoms with Crippen LogP contribution in [0.15, 0.2) is 4.99 Å². The SMILES string of the molecule is CC1CCCN(C(N)=NC2CC2C2CCCCC2)C1.I. The van der Waals surface area contributed by atoms with Crippen LogP contribution in [0.2, 0.25) is 0 Å². The minimum Gasteiger partial charge on any atom is -0.370 e. The van der Waals surface area contributed by atoms with Crippen LogP contribution < -0.4 is 5.73 Å². The van der Waals surface area contributed by atoms with E-state index in [1.165, 1.54) is 51.4 Å². The van der Waals surface area contributed by atoms with Crippen molar-refractivity contribution < 1.29 is 0 Å². The molecule has 4 heteroatoms. The Balaban J connectivity index is 0.00000147. The van der Waals surface area contributed by atoms with Crippen LogP contribution in [0.4, 0.5) is 0 Å². The van der Waals surface area contributed by atoms with Gasteiger partial charge in [0.2, 0.25) is 0 Å². The van der Waals surface area contributed by atoms with Crippen LogP contribution in [-0.2, 0) is 0 Å². The number of nitrogens with two attached hydrogens (primary N) is 1. The van der Waals surface area contributed by atoms with Gasteiger partial charge in [-0.25, -0.2) is 4.99 Å². The Bertz CT molecular complexity index is 339. The third-order valence-electron chi connectivity index (χ3n) is 5.34. The number of hydrogen-bond donors (Lipinski definition) is 1. The molecule has 1 aliphatic heterocycles. The minimum atomic E-state index is 0. The fraction of sp³-hybridized carbons (Fsp3) is 0.938. The van der Waals surface area contributed by atoms with Gasteiger partial charge in [-0.15, -0.1) is 24.0 Å². The smallest absolute Gasteiger partial charge is 0.191 e. The molecule has 2 aliphatic carbocycles. The quantitative estimate of drug-likeness (QED) is 0.444. The molecule has 3 unspecified atom stereocenters. The van der Waals surface area contributed by atoms with Gasteiger partial charge in [-0.3, -0.25) is 0 Å². The van der Waals surface area contributed by atoms with E-state index in [-0.39, 0.29) is 24.0 Å². The summed E-state index contributed by atoms with van der Waals surface area (Å²) >= 11 is 0. The molecule has 20 heavy (non-hydrogen) atoms. The highest BCUT2D eigenvalue weighted by Gasteiger charge is 2.43. The molecule has 0 aromatic carbocycles. The second-order valence-corrected chi connectivity index (χ2v) is 7.05. The lowest BCUT2D eigenvalue weighted by molar-refractivity contribution is 0.269. The van der Waals surface area contributed by atoms with Gasteiger partial charge in [-0.1, -0.05) is 39.0 Å². The van der Waals surface area contributed by atoms with Gasteiger partial charge in [0.15, 0.2) is 5.96 Å². The number of rotatable bonds is 2. The number of aliphatic imine (C=N–C) groups is 1. The lowest BCUT2D eigenvalue weighted by Gasteiger charge is -2.31. The zero-order valence-corrected chi connectivity index (χ0v) is 15.1. The van der Waals surface area contributed by atoms with E-state index < -0.39 is 0 Å². The summed E-state index contributed by atoms with van der Waals surface area (Å²) in [6.07, 6.45) is 11.1. The van der Waals surface area contributed by atoms with Crippen LogP contribution in [0.25, 0.3) is 0 Å². The Morgan fingerprint density at radius 3 is 2.55 bits per heavy atom. The first-order valence-corrected chi connectivity index (χ1v) is 8.32. The molecule has 3 fully saturated rings. The molecular formula is C16H30IN3. The Kier molecular flexibility index (Phi) is 5.99. The molecule has 2 saturated carbocycles. The highest BCUT2D eigenvalue weighted by molar-refractivity contribution is 14.0. The maximum atomic E-state index is 6.22. The monoisotopic (exact) mass is 391 g/mol. The van der Waals surface area contributed by atoms with Crippen LogP contribution in [0.3, 0.4) is 0 Å². The number of nitrogens with zero attached hydrogens (tertiary/aromatic N) is 2. The lowest BCUT2D eigenvalue weighted by atomic mass is 9.85. The van der Waals surface area contributed by atoms with Gasteiger partial charge in [0.25, 0.3) is 0 Å². The maximum Gasteiger partial charge on any atom is 0.191 e. The van der Waals surface area contributed by atoms with Gasteiger partial charge >= 0.3 is 0 Å². The van der Waals surface area contributed by atoms with Crippen molar-refractivity contribution in [3.8, 4) is 0 Å². The standard InChI is InChI=1S/C16H29N3.HI/c1-12-6-5-9-19(11-12)16(17)18-15-10-14(15)13-7-3-2-4-8-13;/h12-15H,2-11H2,1H3,(H2,17,18);1H. The number of hydrogen-bond acceptors (Lipinski definition) is 1. The Hall–Kier alpha value is 0. The van der Waals surface area contributed by atoms with Crippen molar-refractivity contribution in [3.05, 3.63) is 0 Å². The molecule has 0 spiro atoms. The molecule has 0 radical (unpaired) electrons. The van der Waals surface area contributed by atoms with Gasteiger partial charge in [0.1, 0.15) is 0 Å². The molecule has 3 atom stereocenters. The zero-order chi connectivity index (χ0) is 13.2. The third kappa shape index (κ3) is 4.01. The molecule has 1 heterocycles. The minimum absolute atomic E-state index is 0. The van der Waals surface area contributed by atoms with Gasteiger partial charge < -0.3 is 10.6 Å². The molecule has 0 amide bonds. The molecule has 2 N–H and O–H groups in total. The molecule has 0 bridgehead atoms. The van der Waals surface area contributed by atoms with Crippen molar-refractivity contribution in [2.45, 2.75) is 64.3 Å². The van der Waals surface area contributed by atoms with Crippen LogP contribution in [0.5, 0.6) is 0 Å². The van der Waals surface area contributed by atoms with Crippen molar-refractivity contribution >= 4 is 29.9 Å². The van der Waals surface area contributed by atoms with E-state index in [4.69, 9.17) is 10.7 Å². The predicted molar refractivity (Wildman–Crippen MR) is 95.5 cm³/mol. The normalized spacial score (nSPS) is 35.5. The summed E-state index contributed by atoms with van der Waals surface area (Å²) in [6, 6.07) is 0.556. The van der Waals surface area contributed by atoms with Gasteiger partial charge in [0.05, 0.1) is 6.04 Å². The summed E-state index contributed by atoms with van der Waals surface area (Å²) in [5.41, 5.74) is 6.22. The summed E-state index contributed by atoms with van der Waals surface area (Å²) in [6.45, 7) is 4.54. The average Bonchev–Trinajstić information content (AvgIpc) is 3.19. The van der Waals surface area contributed by atoms with Crippen molar-refractivity contribution in [2.24, 2.45) is 28.5 Å². The Morgan fingerprint density at radius 2 is 1.85 bits per heavy atom. The average molecular weight is 391 g/mol. The second kappa shape index (κ2) is 7.32. The summed E-state index contributed by atoms with van der Waals surface area (Å²) in [5.74, 6) is 3.42. The molecule has 0 aromatic rings. The lowest BCUT2D eigenvalue weighted by Crippen LogP contribution is -2.43. The largest absolute Gasteiger partial charge is 0.370 e. The molecule has 1 saturated heterocycles.